The first kappa shape index (κ1) is 21.3. The summed E-state index contributed by atoms with van der Waals surface area (Å²) in [7, 11) is 0. The highest BCUT2D eigenvalue weighted by Crippen LogP contribution is 2.33. The van der Waals surface area contributed by atoms with Gasteiger partial charge in [-0.2, -0.15) is 10.2 Å². The summed E-state index contributed by atoms with van der Waals surface area (Å²) in [5, 5.41) is 13.5. The van der Waals surface area contributed by atoms with Crippen LogP contribution in [0, 0.1) is 11.3 Å². The zero-order valence-corrected chi connectivity index (χ0v) is 18.0. The summed E-state index contributed by atoms with van der Waals surface area (Å²) in [5.74, 6) is 0.267. The number of nitrogens with two attached hydrogens (primary N) is 2. The molecular weight excluding hydrogens is 426 g/mol. The van der Waals surface area contributed by atoms with Crippen molar-refractivity contribution in [3.8, 4) is 17.3 Å². The molecule has 0 radical (unpaired) electrons. The van der Waals surface area contributed by atoms with Gasteiger partial charge in [-0.1, -0.05) is 48.0 Å². The molecule has 0 saturated heterocycles. The predicted molar refractivity (Wildman–Crippen MR) is 126 cm³/mol. The zero-order valence-electron chi connectivity index (χ0n) is 17.2. The molecule has 0 aliphatic rings. The van der Waals surface area contributed by atoms with Crippen LogP contribution < -0.4 is 22.2 Å². The molecular formula is C23H20ClN7O. The summed E-state index contributed by atoms with van der Waals surface area (Å²) in [6, 6.07) is 16.2. The zero-order chi connectivity index (χ0) is 22.8. The lowest BCUT2D eigenvalue weighted by Crippen LogP contribution is -2.26. The van der Waals surface area contributed by atoms with Gasteiger partial charge in [-0.15, -0.1) is 0 Å². The quantitative estimate of drug-likeness (QED) is 0.426. The molecule has 1 atom stereocenters. The van der Waals surface area contributed by atoms with Gasteiger partial charge in [0.2, 0.25) is 5.95 Å². The number of nitrogens with one attached hydrogen (secondary N) is 1. The van der Waals surface area contributed by atoms with Gasteiger partial charge >= 0.3 is 0 Å². The maximum absolute atomic E-state index is 13.7. The fourth-order valence-electron chi connectivity index (χ4n) is 3.84. The average molecular weight is 446 g/mol. The van der Waals surface area contributed by atoms with Gasteiger partial charge in [0, 0.05) is 10.9 Å². The SMILES string of the molecule is CC(Nc1nc(N)ncc1C#N)c1c(-c2ccccc2)n(CN)c2c(Cl)cccc2c1=O. The van der Waals surface area contributed by atoms with Crippen LogP contribution in [-0.4, -0.2) is 14.5 Å². The van der Waals surface area contributed by atoms with Gasteiger partial charge in [-0.25, -0.2) is 4.98 Å². The van der Waals surface area contributed by atoms with Crippen LogP contribution in [0.1, 0.15) is 24.1 Å². The Balaban J connectivity index is 2.03. The van der Waals surface area contributed by atoms with E-state index in [0.717, 1.165) is 5.56 Å². The Kier molecular flexibility index (Phi) is 5.77. The molecule has 0 bridgehead atoms. The molecule has 32 heavy (non-hydrogen) atoms. The Morgan fingerprint density at radius 2 is 1.97 bits per heavy atom. The summed E-state index contributed by atoms with van der Waals surface area (Å²) < 4.78 is 1.83. The fourth-order valence-corrected chi connectivity index (χ4v) is 4.12. The molecule has 0 aliphatic carbocycles. The summed E-state index contributed by atoms with van der Waals surface area (Å²) in [5.41, 5.74) is 14.4. The van der Waals surface area contributed by atoms with E-state index in [9.17, 15) is 10.1 Å². The number of hydrogen-bond acceptors (Lipinski definition) is 7. The number of rotatable bonds is 5. The second kappa shape index (κ2) is 8.67. The third-order valence-electron chi connectivity index (χ3n) is 5.21. The molecule has 160 valence electrons. The number of pyridine rings is 1. The largest absolute Gasteiger partial charge is 0.368 e. The predicted octanol–water partition coefficient (Wildman–Crippen LogP) is 3.66. The topological polar surface area (TPSA) is 136 Å². The summed E-state index contributed by atoms with van der Waals surface area (Å²) in [6.45, 7) is 1.92. The second-order valence-electron chi connectivity index (χ2n) is 7.17. The number of nitrogen functional groups attached to an aromatic ring is 1. The number of nitriles is 1. The van der Waals surface area contributed by atoms with Crippen LogP contribution >= 0.6 is 11.6 Å². The molecule has 0 spiro atoms. The van der Waals surface area contributed by atoms with Crippen molar-refractivity contribution in [3.05, 3.63) is 81.1 Å². The van der Waals surface area contributed by atoms with Crippen molar-refractivity contribution in [3.63, 3.8) is 0 Å². The standard InChI is InChI=1S/C23H20ClN7O/c1-13(29-22-15(10-25)11-28-23(27)30-22)18-19(14-6-3-2-4-7-14)31(12-26)20-16(21(18)32)8-5-9-17(20)24/h2-9,11,13H,12,26H2,1H3,(H3,27,28,29,30). The number of aromatic nitrogens is 3. The van der Waals surface area contributed by atoms with Crippen LogP contribution in [0.4, 0.5) is 11.8 Å². The molecule has 9 heteroatoms. The van der Waals surface area contributed by atoms with E-state index in [1.54, 1.807) is 18.2 Å². The molecule has 1 unspecified atom stereocenters. The minimum Gasteiger partial charge on any atom is -0.368 e. The number of halogens is 1. The van der Waals surface area contributed by atoms with E-state index in [-0.39, 0.29) is 29.4 Å². The number of anilines is 2. The second-order valence-corrected chi connectivity index (χ2v) is 7.58. The van der Waals surface area contributed by atoms with Crippen molar-refractivity contribution in [1.82, 2.24) is 14.5 Å². The monoisotopic (exact) mass is 445 g/mol. The average Bonchev–Trinajstić information content (AvgIpc) is 2.80. The molecule has 0 aliphatic heterocycles. The smallest absolute Gasteiger partial charge is 0.222 e. The third-order valence-corrected chi connectivity index (χ3v) is 5.52. The van der Waals surface area contributed by atoms with Gasteiger partial charge in [0.1, 0.15) is 17.5 Å². The van der Waals surface area contributed by atoms with Gasteiger partial charge in [0.15, 0.2) is 5.43 Å². The minimum atomic E-state index is -0.541. The molecule has 4 aromatic rings. The molecule has 2 heterocycles. The summed E-state index contributed by atoms with van der Waals surface area (Å²) >= 11 is 6.49. The van der Waals surface area contributed by atoms with Crippen LogP contribution in [0.2, 0.25) is 5.02 Å². The Hall–Kier alpha value is -3.93. The highest BCUT2D eigenvalue weighted by atomic mass is 35.5. The number of para-hydroxylation sites is 1. The van der Waals surface area contributed by atoms with E-state index in [0.29, 0.717) is 27.2 Å². The molecule has 0 saturated carbocycles. The number of benzene rings is 2. The molecule has 4 rings (SSSR count). The Morgan fingerprint density at radius 3 is 2.66 bits per heavy atom. The van der Waals surface area contributed by atoms with Crippen LogP contribution in [0.25, 0.3) is 22.2 Å². The number of fused-ring (bicyclic) bond motifs is 1. The van der Waals surface area contributed by atoms with Gasteiger partial charge in [0.25, 0.3) is 0 Å². The number of hydrogen-bond donors (Lipinski definition) is 3. The van der Waals surface area contributed by atoms with E-state index >= 15 is 0 Å². The maximum atomic E-state index is 13.7. The highest BCUT2D eigenvalue weighted by molar-refractivity contribution is 6.35. The van der Waals surface area contributed by atoms with Crippen molar-refractivity contribution in [2.45, 2.75) is 19.6 Å². The van der Waals surface area contributed by atoms with Crippen LogP contribution in [0.3, 0.4) is 0 Å². The van der Waals surface area contributed by atoms with Gasteiger partial charge < -0.3 is 21.4 Å². The Bertz CT molecular complexity index is 1410. The van der Waals surface area contributed by atoms with Crippen LogP contribution in [-0.2, 0) is 6.67 Å². The Labute approximate surface area is 189 Å². The first-order valence-corrected chi connectivity index (χ1v) is 10.2. The van der Waals surface area contributed by atoms with Crippen LogP contribution in [0.15, 0.2) is 59.5 Å². The highest BCUT2D eigenvalue weighted by Gasteiger charge is 2.24. The van der Waals surface area contributed by atoms with Crippen molar-refractivity contribution >= 4 is 34.3 Å². The molecule has 0 fully saturated rings. The van der Waals surface area contributed by atoms with E-state index in [1.165, 1.54) is 6.20 Å². The maximum Gasteiger partial charge on any atom is 0.222 e. The minimum absolute atomic E-state index is 0.0200. The molecule has 2 aromatic carbocycles. The van der Waals surface area contributed by atoms with Crippen molar-refractivity contribution in [1.29, 1.82) is 5.26 Å². The summed E-state index contributed by atoms with van der Waals surface area (Å²) in [4.78, 5) is 21.7. The van der Waals surface area contributed by atoms with E-state index in [1.807, 2.05) is 47.9 Å². The van der Waals surface area contributed by atoms with Crippen LogP contribution in [0.5, 0.6) is 0 Å². The van der Waals surface area contributed by atoms with E-state index in [4.69, 9.17) is 23.1 Å². The summed E-state index contributed by atoms with van der Waals surface area (Å²) in [6.07, 6.45) is 1.34. The molecule has 5 N–H and O–H groups in total. The van der Waals surface area contributed by atoms with Gasteiger partial charge in [0.05, 0.1) is 35.1 Å². The normalized spacial score (nSPS) is 11.8. The molecule has 8 nitrogen and oxygen atoms in total. The van der Waals surface area contributed by atoms with Crippen molar-refractivity contribution < 1.29 is 0 Å². The first-order chi connectivity index (χ1) is 15.5. The third kappa shape index (κ3) is 3.64. The van der Waals surface area contributed by atoms with Gasteiger partial charge in [-0.05, 0) is 24.6 Å². The van der Waals surface area contributed by atoms with E-state index < -0.39 is 6.04 Å². The lowest BCUT2D eigenvalue weighted by atomic mass is 9.97. The van der Waals surface area contributed by atoms with E-state index in [2.05, 4.69) is 15.3 Å². The lowest BCUT2D eigenvalue weighted by molar-refractivity contribution is 0.743. The Morgan fingerprint density at radius 1 is 1.22 bits per heavy atom. The lowest BCUT2D eigenvalue weighted by Gasteiger charge is -2.24. The number of nitrogens with zero attached hydrogens (tertiary/aromatic N) is 4. The first-order valence-electron chi connectivity index (χ1n) is 9.85. The molecule has 2 aromatic heterocycles. The molecule has 0 amide bonds. The fraction of sp³-hybridized carbons (Fsp3) is 0.130. The van der Waals surface area contributed by atoms with Crippen molar-refractivity contribution in [2.24, 2.45) is 5.73 Å². The van der Waals surface area contributed by atoms with Crippen molar-refractivity contribution in [2.75, 3.05) is 11.1 Å². The van der Waals surface area contributed by atoms with Gasteiger partial charge in [-0.3, -0.25) is 4.79 Å².